The summed E-state index contributed by atoms with van der Waals surface area (Å²) in [5, 5.41) is 2.70. The molecule has 0 unspecified atom stereocenters. The summed E-state index contributed by atoms with van der Waals surface area (Å²) in [5.41, 5.74) is 0.358. The summed E-state index contributed by atoms with van der Waals surface area (Å²) in [7, 11) is -3.34. The fraction of sp³-hybridized carbons (Fsp3) is 0.500. The third-order valence-electron chi connectivity index (χ3n) is 3.38. The summed E-state index contributed by atoms with van der Waals surface area (Å²) in [5.74, 6) is -0.164. The van der Waals surface area contributed by atoms with Gasteiger partial charge in [-0.25, -0.2) is 8.42 Å². The van der Waals surface area contributed by atoms with Crippen molar-refractivity contribution in [1.82, 2.24) is 4.90 Å². The molecule has 1 fully saturated rings. The smallest absolute Gasteiger partial charge is 0.238 e. The number of likely N-dealkylation sites (tertiary alicyclic amines) is 1. The van der Waals surface area contributed by atoms with E-state index in [0.717, 1.165) is 32.2 Å². The number of nitrogens with zero attached hydrogens (tertiary/aromatic N) is 1. The molecule has 20 heavy (non-hydrogen) atoms. The fourth-order valence-electron chi connectivity index (χ4n) is 2.40. The zero-order chi connectivity index (χ0) is 14.6. The highest BCUT2D eigenvalue weighted by Gasteiger charge is 2.17. The van der Waals surface area contributed by atoms with E-state index in [2.05, 4.69) is 10.2 Å². The Hall–Kier alpha value is -1.40. The molecule has 0 radical (unpaired) electrons. The van der Waals surface area contributed by atoms with Gasteiger partial charge < -0.3 is 5.32 Å². The number of benzene rings is 1. The lowest BCUT2D eigenvalue weighted by Crippen LogP contribution is -2.37. The molecule has 1 aliphatic heterocycles. The van der Waals surface area contributed by atoms with E-state index >= 15 is 0 Å². The number of hydrogen-bond donors (Lipinski definition) is 1. The molecule has 1 aliphatic rings. The lowest BCUT2D eigenvalue weighted by Gasteiger charge is -2.25. The van der Waals surface area contributed by atoms with Gasteiger partial charge in [-0.05, 0) is 38.1 Å². The first kappa shape index (κ1) is 15.0. The molecular weight excluding hydrogens is 276 g/mol. The number of nitrogens with one attached hydrogen (secondary N) is 1. The minimum absolute atomic E-state index is 0.159. The molecule has 6 heteroatoms. The number of carbonyl (C=O) groups excluding carboxylic acids is 1. The van der Waals surface area contributed by atoms with Crippen molar-refractivity contribution < 1.29 is 13.2 Å². The second-order valence-electron chi connectivity index (χ2n) is 5.15. The Morgan fingerprint density at radius 2 is 1.85 bits per heavy atom. The van der Waals surface area contributed by atoms with Crippen molar-refractivity contribution in [2.45, 2.75) is 24.2 Å². The van der Waals surface area contributed by atoms with Crippen LogP contribution in [0.3, 0.4) is 0 Å². The van der Waals surface area contributed by atoms with Gasteiger partial charge in [0.05, 0.1) is 17.1 Å². The first-order chi connectivity index (χ1) is 9.47. The summed E-state index contributed by atoms with van der Waals surface area (Å²) in [4.78, 5) is 14.3. The number of carbonyl (C=O) groups is 1. The molecule has 0 saturated carbocycles. The lowest BCUT2D eigenvalue weighted by atomic mass is 10.1. The van der Waals surface area contributed by atoms with Crippen molar-refractivity contribution in [2.75, 3.05) is 31.2 Å². The van der Waals surface area contributed by atoms with Gasteiger partial charge in [0.2, 0.25) is 5.91 Å². The minimum Gasteiger partial charge on any atom is -0.324 e. The van der Waals surface area contributed by atoms with Crippen LogP contribution < -0.4 is 5.32 Å². The molecule has 1 heterocycles. The minimum atomic E-state index is -3.34. The Morgan fingerprint density at radius 1 is 1.20 bits per heavy atom. The van der Waals surface area contributed by atoms with E-state index in [-0.39, 0.29) is 10.8 Å². The van der Waals surface area contributed by atoms with Crippen LogP contribution in [-0.2, 0) is 14.6 Å². The molecule has 5 nitrogen and oxygen atoms in total. The molecule has 1 amide bonds. The predicted molar refractivity (Wildman–Crippen MR) is 78.5 cm³/mol. The summed E-state index contributed by atoms with van der Waals surface area (Å²) < 4.78 is 23.3. The van der Waals surface area contributed by atoms with E-state index in [1.54, 1.807) is 18.2 Å². The first-order valence-electron chi connectivity index (χ1n) is 6.78. The summed E-state index contributed by atoms with van der Waals surface area (Å²) in [6.07, 6.45) is 4.60. The summed E-state index contributed by atoms with van der Waals surface area (Å²) >= 11 is 0. The normalized spacial score (nSPS) is 16.9. The largest absolute Gasteiger partial charge is 0.324 e. The molecule has 1 aromatic carbocycles. The van der Waals surface area contributed by atoms with E-state index in [1.165, 1.54) is 12.5 Å². The SMILES string of the molecule is CS(=O)(=O)c1ccccc1NC(=O)CN1CCCCC1. The van der Waals surface area contributed by atoms with Crippen LogP contribution >= 0.6 is 0 Å². The molecule has 0 bridgehead atoms. The van der Waals surface area contributed by atoms with E-state index in [0.29, 0.717) is 12.2 Å². The summed E-state index contributed by atoms with van der Waals surface area (Å²) in [6.45, 7) is 2.18. The molecule has 1 saturated heterocycles. The number of sulfone groups is 1. The first-order valence-corrected chi connectivity index (χ1v) is 8.67. The fourth-order valence-corrected chi connectivity index (χ4v) is 3.25. The Balaban J connectivity index is 2.04. The van der Waals surface area contributed by atoms with Gasteiger partial charge in [-0.15, -0.1) is 0 Å². The van der Waals surface area contributed by atoms with Gasteiger partial charge in [-0.2, -0.15) is 0 Å². The Labute approximate surface area is 119 Å². The maximum Gasteiger partial charge on any atom is 0.238 e. The van der Waals surface area contributed by atoms with E-state index in [9.17, 15) is 13.2 Å². The Bertz CT molecular complexity index is 578. The highest BCUT2D eigenvalue weighted by atomic mass is 32.2. The van der Waals surface area contributed by atoms with Crippen LogP contribution in [0.2, 0.25) is 0 Å². The molecule has 0 spiro atoms. The quantitative estimate of drug-likeness (QED) is 0.914. The molecule has 1 aromatic rings. The average Bonchev–Trinajstić information content (AvgIpc) is 2.39. The molecule has 0 aromatic heterocycles. The van der Waals surface area contributed by atoms with E-state index < -0.39 is 9.84 Å². The van der Waals surface area contributed by atoms with E-state index in [1.807, 2.05) is 0 Å². The van der Waals surface area contributed by atoms with Crippen molar-refractivity contribution in [2.24, 2.45) is 0 Å². The zero-order valence-corrected chi connectivity index (χ0v) is 12.4. The number of rotatable bonds is 4. The topological polar surface area (TPSA) is 66.5 Å². The highest BCUT2D eigenvalue weighted by Crippen LogP contribution is 2.20. The molecule has 0 atom stereocenters. The highest BCUT2D eigenvalue weighted by molar-refractivity contribution is 7.90. The maximum absolute atomic E-state index is 12.0. The van der Waals surface area contributed by atoms with Gasteiger partial charge in [-0.1, -0.05) is 18.6 Å². The number of piperidine rings is 1. The molecule has 110 valence electrons. The number of para-hydroxylation sites is 1. The van der Waals surface area contributed by atoms with Crippen LogP contribution in [0.15, 0.2) is 29.2 Å². The Kier molecular flexibility index (Phi) is 4.77. The van der Waals surface area contributed by atoms with Crippen LogP contribution in [-0.4, -0.2) is 45.1 Å². The van der Waals surface area contributed by atoms with Crippen LogP contribution in [0.5, 0.6) is 0 Å². The predicted octanol–water partition coefficient (Wildman–Crippen LogP) is 1.51. The molecule has 2 rings (SSSR count). The van der Waals surface area contributed by atoms with Gasteiger partial charge in [0.25, 0.3) is 0 Å². The maximum atomic E-state index is 12.0. The van der Waals surface area contributed by atoms with Crippen molar-refractivity contribution in [3.8, 4) is 0 Å². The third-order valence-corrected chi connectivity index (χ3v) is 4.53. The van der Waals surface area contributed by atoms with Crippen LogP contribution in [0.4, 0.5) is 5.69 Å². The summed E-state index contributed by atoms with van der Waals surface area (Å²) in [6, 6.07) is 6.48. The van der Waals surface area contributed by atoms with Crippen molar-refractivity contribution in [3.05, 3.63) is 24.3 Å². The second-order valence-corrected chi connectivity index (χ2v) is 7.14. The van der Waals surface area contributed by atoms with Gasteiger partial charge in [0.1, 0.15) is 0 Å². The third kappa shape index (κ3) is 4.05. The van der Waals surface area contributed by atoms with Gasteiger partial charge >= 0.3 is 0 Å². The zero-order valence-electron chi connectivity index (χ0n) is 11.6. The monoisotopic (exact) mass is 296 g/mol. The second kappa shape index (κ2) is 6.37. The number of amides is 1. The molecular formula is C14H20N2O3S. The number of anilines is 1. The van der Waals surface area contributed by atoms with Gasteiger partial charge in [-0.3, -0.25) is 9.69 Å². The molecule has 0 aliphatic carbocycles. The van der Waals surface area contributed by atoms with Crippen molar-refractivity contribution in [1.29, 1.82) is 0 Å². The Morgan fingerprint density at radius 3 is 2.50 bits per heavy atom. The van der Waals surface area contributed by atoms with Crippen molar-refractivity contribution >= 4 is 21.4 Å². The van der Waals surface area contributed by atoms with Crippen LogP contribution in [0, 0.1) is 0 Å². The average molecular weight is 296 g/mol. The number of hydrogen-bond acceptors (Lipinski definition) is 4. The lowest BCUT2D eigenvalue weighted by molar-refractivity contribution is -0.117. The van der Waals surface area contributed by atoms with E-state index in [4.69, 9.17) is 0 Å². The van der Waals surface area contributed by atoms with Gasteiger partial charge in [0, 0.05) is 6.26 Å². The van der Waals surface area contributed by atoms with Crippen LogP contribution in [0.1, 0.15) is 19.3 Å². The standard InChI is InChI=1S/C14H20N2O3S/c1-20(18,19)13-8-4-3-7-12(13)15-14(17)11-16-9-5-2-6-10-16/h3-4,7-8H,2,5-6,9-11H2,1H3,(H,15,17). The van der Waals surface area contributed by atoms with Gasteiger partial charge in [0.15, 0.2) is 9.84 Å². The van der Waals surface area contributed by atoms with Crippen molar-refractivity contribution in [3.63, 3.8) is 0 Å². The molecule has 1 N–H and O–H groups in total. The van der Waals surface area contributed by atoms with Crippen LogP contribution in [0.25, 0.3) is 0 Å².